The molecule has 0 radical (unpaired) electrons. The fraction of sp³-hybridized carbons (Fsp3) is 0.182. The molecule has 6 nitrogen and oxygen atoms in total. The first-order valence-corrected chi connectivity index (χ1v) is 9.08. The first kappa shape index (κ1) is 17.7. The average Bonchev–Trinajstić information content (AvgIpc) is 3.11. The van der Waals surface area contributed by atoms with E-state index in [-0.39, 0.29) is 5.88 Å². The molecule has 0 spiro atoms. The van der Waals surface area contributed by atoms with Crippen LogP contribution >= 0.6 is 0 Å². The number of hydrogen-bond donors (Lipinski definition) is 2. The van der Waals surface area contributed by atoms with Gasteiger partial charge in [-0.2, -0.15) is 5.26 Å². The highest BCUT2D eigenvalue weighted by Gasteiger charge is 2.37. The van der Waals surface area contributed by atoms with Crippen molar-refractivity contribution in [2.75, 3.05) is 6.61 Å². The molecule has 2 aromatic carbocycles. The third-order valence-electron chi connectivity index (χ3n) is 4.81. The summed E-state index contributed by atoms with van der Waals surface area (Å²) in [6, 6.07) is 18.0. The number of nitrogens with zero attached hydrogens (tertiary/aromatic N) is 2. The molecule has 4 rings (SSSR count). The van der Waals surface area contributed by atoms with Crippen molar-refractivity contribution >= 4 is 0 Å². The molecule has 2 heterocycles. The van der Waals surface area contributed by atoms with Crippen molar-refractivity contribution in [3.8, 4) is 29.0 Å². The molecule has 1 aliphatic heterocycles. The summed E-state index contributed by atoms with van der Waals surface area (Å²) < 4.78 is 11.5. The summed E-state index contributed by atoms with van der Waals surface area (Å²) in [4.78, 5) is 0. The van der Waals surface area contributed by atoms with Crippen LogP contribution in [0.3, 0.4) is 0 Å². The van der Waals surface area contributed by atoms with Gasteiger partial charge in [0, 0.05) is 11.1 Å². The van der Waals surface area contributed by atoms with Crippen molar-refractivity contribution in [3.63, 3.8) is 0 Å². The molecule has 0 saturated heterocycles. The van der Waals surface area contributed by atoms with Crippen LogP contribution in [0.4, 0.5) is 0 Å². The van der Waals surface area contributed by atoms with E-state index in [1.165, 1.54) is 0 Å². The van der Waals surface area contributed by atoms with Gasteiger partial charge in [0.15, 0.2) is 0 Å². The predicted molar refractivity (Wildman–Crippen MR) is 106 cm³/mol. The Hall–Kier alpha value is -3.72. The van der Waals surface area contributed by atoms with Crippen LogP contribution in [-0.4, -0.2) is 16.8 Å². The molecule has 140 valence electrons. The first-order valence-electron chi connectivity index (χ1n) is 9.08. The van der Waals surface area contributed by atoms with Gasteiger partial charge in [0.1, 0.15) is 17.4 Å². The van der Waals surface area contributed by atoms with E-state index in [4.69, 9.17) is 15.2 Å². The lowest BCUT2D eigenvalue weighted by atomic mass is 9.82. The average molecular weight is 372 g/mol. The Labute approximate surface area is 163 Å². The molecular weight excluding hydrogens is 352 g/mol. The number of nitriles is 1. The van der Waals surface area contributed by atoms with Gasteiger partial charge in [-0.15, -0.1) is 5.10 Å². The van der Waals surface area contributed by atoms with Crippen LogP contribution in [0.5, 0.6) is 11.6 Å². The van der Waals surface area contributed by atoms with E-state index in [1.807, 2.05) is 62.4 Å². The molecule has 3 aromatic rings. The third-order valence-corrected chi connectivity index (χ3v) is 4.81. The number of para-hydroxylation sites is 1. The fourth-order valence-corrected chi connectivity index (χ4v) is 3.50. The van der Waals surface area contributed by atoms with Crippen LogP contribution in [0.2, 0.25) is 0 Å². The van der Waals surface area contributed by atoms with Crippen LogP contribution < -0.4 is 15.2 Å². The second kappa shape index (κ2) is 7.12. The Morgan fingerprint density at radius 1 is 1.21 bits per heavy atom. The summed E-state index contributed by atoms with van der Waals surface area (Å²) >= 11 is 0. The summed E-state index contributed by atoms with van der Waals surface area (Å²) in [7, 11) is 0. The number of nitrogens with one attached hydrogen (secondary N) is 1. The molecule has 6 heteroatoms. The largest absolute Gasteiger partial charge is 0.494 e. The minimum absolute atomic E-state index is 0.0632. The molecular formula is C22H20N4O2. The number of hydrogen-bond acceptors (Lipinski definition) is 5. The van der Waals surface area contributed by atoms with Gasteiger partial charge in [-0.25, -0.2) is 0 Å². The number of fused-ring (bicyclic) bond motifs is 1. The molecule has 0 bridgehead atoms. The second-order valence-electron chi connectivity index (χ2n) is 6.58. The molecule has 1 atom stereocenters. The van der Waals surface area contributed by atoms with Gasteiger partial charge in [0.25, 0.3) is 0 Å². The summed E-state index contributed by atoms with van der Waals surface area (Å²) in [5, 5.41) is 17.2. The number of nitrogens with two attached hydrogens (primary N) is 1. The highest BCUT2D eigenvalue weighted by atomic mass is 16.5. The van der Waals surface area contributed by atoms with Gasteiger partial charge in [0.05, 0.1) is 23.8 Å². The van der Waals surface area contributed by atoms with Crippen molar-refractivity contribution in [1.29, 1.82) is 5.26 Å². The van der Waals surface area contributed by atoms with E-state index in [9.17, 15) is 5.26 Å². The number of benzene rings is 2. The van der Waals surface area contributed by atoms with E-state index in [1.54, 1.807) is 0 Å². The summed E-state index contributed by atoms with van der Waals surface area (Å²) in [5.74, 6) is 0.711. The minimum atomic E-state index is -0.438. The molecule has 0 fully saturated rings. The number of aryl methyl sites for hydroxylation is 1. The molecule has 0 aliphatic carbocycles. The number of rotatable bonds is 4. The number of ether oxygens (including phenoxy) is 2. The normalized spacial score (nSPS) is 15.5. The van der Waals surface area contributed by atoms with Gasteiger partial charge in [-0.3, -0.25) is 5.10 Å². The predicted octanol–water partition coefficient (Wildman–Crippen LogP) is 4.00. The monoisotopic (exact) mass is 372 g/mol. The lowest BCUT2D eigenvalue weighted by Gasteiger charge is -2.25. The lowest BCUT2D eigenvalue weighted by Crippen LogP contribution is -2.21. The van der Waals surface area contributed by atoms with Crippen molar-refractivity contribution < 1.29 is 9.47 Å². The van der Waals surface area contributed by atoms with Gasteiger partial charge in [0.2, 0.25) is 11.8 Å². The minimum Gasteiger partial charge on any atom is -0.494 e. The Bertz CT molecular complexity index is 1090. The van der Waals surface area contributed by atoms with Gasteiger partial charge in [-0.1, -0.05) is 48.0 Å². The van der Waals surface area contributed by atoms with Crippen molar-refractivity contribution in [3.05, 3.63) is 76.7 Å². The first-order chi connectivity index (χ1) is 13.6. The standard InChI is InChI=1S/C22H20N4O2/c1-3-27-17-7-5-4-6-15(17)18-16(12-23)21(24)28-22-19(18)20(25-26-22)14-10-8-13(2)9-11-14/h4-11,18H,3,24H2,1-2H3,(H,25,26)/t18-/m0/s1. The zero-order chi connectivity index (χ0) is 19.7. The summed E-state index contributed by atoms with van der Waals surface area (Å²) in [5.41, 5.74) is 11.0. The fourth-order valence-electron chi connectivity index (χ4n) is 3.50. The van der Waals surface area contributed by atoms with E-state index in [2.05, 4.69) is 16.3 Å². The zero-order valence-electron chi connectivity index (χ0n) is 15.7. The van der Waals surface area contributed by atoms with E-state index >= 15 is 0 Å². The second-order valence-corrected chi connectivity index (χ2v) is 6.58. The van der Waals surface area contributed by atoms with Gasteiger partial charge >= 0.3 is 0 Å². The number of aromatic nitrogens is 2. The number of allylic oxidation sites excluding steroid dienone is 1. The smallest absolute Gasteiger partial charge is 0.244 e. The maximum absolute atomic E-state index is 9.84. The molecule has 28 heavy (non-hydrogen) atoms. The summed E-state index contributed by atoms with van der Waals surface area (Å²) in [6.07, 6.45) is 0. The molecule has 1 aromatic heterocycles. The van der Waals surface area contributed by atoms with Crippen LogP contribution in [-0.2, 0) is 0 Å². The van der Waals surface area contributed by atoms with Crippen LogP contribution in [0.1, 0.15) is 29.5 Å². The molecule has 3 N–H and O–H groups in total. The quantitative estimate of drug-likeness (QED) is 0.721. The van der Waals surface area contributed by atoms with Crippen molar-refractivity contribution in [1.82, 2.24) is 10.2 Å². The molecule has 0 unspecified atom stereocenters. The highest BCUT2D eigenvalue weighted by molar-refractivity contribution is 5.71. The zero-order valence-corrected chi connectivity index (χ0v) is 15.7. The third kappa shape index (κ3) is 2.87. The number of aromatic amines is 1. The summed E-state index contributed by atoms with van der Waals surface area (Å²) in [6.45, 7) is 4.48. The topological polar surface area (TPSA) is 96.9 Å². The van der Waals surface area contributed by atoms with Crippen molar-refractivity contribution in [2.24, 2.45) is 5.73 Å². The van der Waals surface area contributed by atoms with Crippen LogP contribution in [0, 0.1) is 18.3 Å². The number of H-pyrrole nitrogens is 1. The van der Waals surface area contributed by atoms with E-state index < -0.39 is 5.92 Å². The van der Waals surface area contributed by atoms with E-state index in [0.29, 0.717) is 23.8 Å². The van der Waals surface area contributed by atoms with E-state index in [0.717, 1.165) is 27.9 Å². The van der Waals surface area contributed by atoms with Gasteiger partial charge in [-0.05, 0) is 19.9 Å². The SMILES string of the molecule is CCOc1ccccc1[C@H]1C(C#N)=C(N)Oc2n[nH]c(-c3ccc(C)cc3)c21. The Morgan fingerprint density at radius 3 is 2.68 bits per heavy atom. The van der Waals surface area contributed by atoms with Crippen LogP contribution in [0.25, 0.3) is 11.3 Å². The maximum Gasteiger partial charge on any atom is 0.244 e. The molecule has 0 amide bonds. The highest BCUT2D eigenvalue weighted by Crippen LogP contribution is 2.47. The maximum atomic E-state index is 9.84. The Morgan fingerprint density at radius 2 is 1.96 bits per heavy atom. The Kier molecular flexibility index (Phi) is 4.50. The lowest BCUT2D eigenvalue weighted by molar-refractivity contribution is 0.334. The Balaban J connectivity index is 1.95. The molecule has 0 saturated carbocycles. The van der Waals surface area contributed by atoms with Crippen molar-refractivity contribution in [2.45, 2.75) is 19.8 Å². The molecule has 1 aliphatic rings. The van der Waals surface area contributed by atoms with Gasteiger partial charge < -0.3 is 15.2 Å². The van der Waals surface area contributed by atoms with Crippen LogP contribution in [0.15, 0.2) is 60.0 Å².